The van der Waals surface area contributed by atoms with E-state index in [2.05, 4.69) is 4.98 Å². The Balaban J connectivity index is 0.000000980. The molecule has 2 rings (SSSR count). The first-order chi connectivity index (χ1) is 6.29. The summed E-state index contributed by atoms with van der Waals surface area (Å²) in [6, 6.07) is 5.97. The molecule has 1 aromatic heterocycles. The number of rotatable bonds is 2. The van der Waals surface area contributed by atoms with E-state index in [0.717, 1.165) is 15.2 Å². The number of benzene rings is 1. The Labute approximate surface area is 102 Å². The van der Waals surface area contributed by atoms with Gasteiger partial charge in [0.2, 0.25) is 0 Å². The number of aromatic nitrogens is 1. The van der Waals surface area contributed by atoms with Crippen molar-refractivity contribution in [3.8, 4) is 5.75 Å². The molecule has 0 saturated heterocycles. The molecule has 5 heteroatoms. The fraction of sp³-hybridized carbons (Fsp3) is 0.222. The molecular formula is C9H9CuNOS2. The second-order valence-electron chi connectivity index (χ2n) is 2.61. The van der Waals surface area contributed by atoms with Crippen LogP contribution in [0.1, 0.15) is 6.92 Å². The van der Waals surface area contributed by atoms with Gasteiger partial charge in [0.1, 0.15) is 5.75 Å². The van der Waals surface area contributed by atoms with Crippen LogP contribution in [0.5, 0.6) is 5.75 Å². The number of nitrogens with one attached hydrogen (secondary N) is 1. The Kier molecular flexibility index (Phi) is 4.13. The molecule has 0 aliphatic carbocycles. The van der Waals surface area contributed by atoms with E-state index in [1.165, 1.54) is 4.70 Å². The zero-order chi connectivity index (χ0) is 9.26. The van der Waals surface area contributed by atoms with Crippen molar-refractivity contribution in [2.45, 2.75) is 6.92 Å². The minimum absolute atomic E-state index is 0. The van der Waals surface area contributed by atoms with Crippen LogP contribution in [0.2, 0.25) is 0 Å². The van der Waals surface area contributed by atoms with Gasteiger partial charge in [-0.3, -0.25) is 0 Å². The van der Waals surface area contributed by atoms with Crippen molar-refractivity contribution in [2.24, 2.45) is 0 Å². The Bertz CT molecular complexity index is 477. The smallest absolute Gasteiger partial charge is 0.159 e. The molecule has 1 aromatic carbocycles. The van der Waals surface area contributed by atoms with Crippen LogP contribution < -0.4 is 4.74 Å². The fourth-order valence-corrected chi connectivity index (χ4v) is 2.28. The molecule has 1 N–H and O–H groups in total. The summed E-state index contributed by atoms with van der Waals surface area (Å²) in [5.74, 6) is 0.888. The van der Waals surface area contributed by atoms with Gasteiger partial charge >= 0.3 is 0 Å². The molecule has 2 nitrogen and oxygen atoms in total. The monoisotopic (exact) mass is 274 g/mol. The van der Waals surface area contributed by atoms with Crippen molar-refractivity contribution in [1.82, 2.24) is 4.98 Å². The average molecular weight is 275 g/mol. The molecule has 1 heterocycles. The van der Waals surface area contributed by atoms with Gasteiger partial charge in [-0.25, -0.2) is 0 Å². The summed E-state index contributed by atoms with van der Waals surface area (Å²) in [6.45, 7) is 2.66. The number of fused-ring (bicyclic) bond motifs is 1. The standard InChI is InChI=1S/C9H9NOS2.Cu/c1-2-11-6-3-4-8-7(5-6)10-9(12)13-8;/h3-5H,2H2,1H3,(H,10,12);. The van der Waals surface area contributed by atoms with E-state index >= 15 is 0 Å². The van der Waals surface area contributed by atoms with Crippen LogP contribution in [-0.2, 0) is 17.1 Å². The average Bonchev–Trinajstić information content (AvgIpc) is 2.44. The van der Waals surface area contributed by atoms with Crippen LogP contribution in [0.3, 0.4) is 0 Å². The van der Waals surface area contributed by atoms with Crippen LogP contribution in [0.4, 0.5) is 0 Å². The van der Waals surface area contributed by atoms with E-state index in [9.17, 15) is 0 Å². The zero-order valence-electron chi connectivity index (χ0n) is 7.47. The SMILES string of the molecule is CCOc1ccc2sc(=S)[nH]c2c1.[Cu]. The molecule has 1 radical (unpaired) electrons. The quantitative estimate of drug-likeness (QED) is 0.671. The van der Waals surface area contributed by atoms with Gasteiger partial charge in [0.25, 0.3) is 0 Å². The van der Waals surface area contributed by atoms with E-state index in [1.807, 2.05) is 25.1 Å². The van der Waals surface area contributed by atoms with Crippen LogP contribution in [0.25, 0.3) is 10.2 Å². The third-order valence-electron chi connectivity index (χ3n) is 1.70. The third kappa shape index (κ3) is 2.36. The number of hydrogen-bond donors (Lipinski definition) is 1. The molecule has 14 heavy (non-hydrogen) atoms. The number of thiazole rings is 1. The maximum Gasteiger partial charge on any atom is 0.159 e. The molecule has 79 valence electrons. The summed E-state index contributed by atoms with van der Waals surface area (Å²) in [4.78, 5) is 3.11. The largest absolute Gasteiger partial charge is 0.494 e. The molecule has 0 saturated carbocycles. The Morgan fingerprint density at radius 2 is 2.29 bits per heavy atom. The molecule has 0 bridgehead atoms. The van der Waals surface area contributed by atoms with E-state index in [1.54, 1.807) is 11.3 Å². The molecule has 0 spiro atoms. The van der Waals surface area contributed by atoms with Crippen molar-refractivity contribution in [1.29, 1.82) is 0 Å². The molecular weight excluding hydrogens is 266 g/mol. The van der Waals surface area contributed by atoms with Crippen LogP contribution in [0.15, 0.2) is 18.2 Å². The fourth-order valence-electron chi connectivity index (χ4n) is 1.19. The van der Waals surface area contributed by atoms with Gasteiger partial charge in [-0.05, 0) is 31.3 Å². The van der Waals surface area contributed by atoms with Gasteiger partial charge in [-0.15, -0.1) is 11.3 Å². The number of ether oxygens (including phenoxy) is 1. The second-order valence-corrected chi connectivity index (χ2v) is 4.32. The van der Waals surface area contributed by atoms with Crippen molar-refractivity contribution in [2.75, 3.05) is 6.61 Å². The summed E-state index contributed by atoms with van der Waals surface area (Å²) >= 11 is 6.63. The van der Waals surface area contributed by atoms with Crippen LogP contribution >= 0.6 is 23.6 Å². The maximum absolute atomic E-state index is 5.37. The van der Waals surface area contributed by atoms with Gasteiger partial charge in [0.05, 0.1) is 16.8 Å². The predicted octanol–water partition coefficient (Wildman–Crippen LogP) is 3.36. The van der Waals surface area contributed by atoms with E-state index < -0.39 is 0 Å². The summed E-state index contributed by atoms with van der Waals surface area (Å²) in [6.07, 6.45) is 0. The van der Waals surface area contributed by atoms with Crippen LogP contribution in [-0.4, -0.2) is 11.6 Å². The second kappa shape index (κ2) is 4.94. The molecule has 0 fully saturated rings. The van der Waals surface area contributed by atoms with Crippen molar-refractivity contribution in [3.05, 3.63) is 22.2 Å². The topological polar surface area (TPSA) is 25.0 Å². The predicted molar refractivity (Wildman–Crippen MR) is 58.2 cm³/mol. The Morgan fingerprint density at radius 1 is 1.50 bits per heavy atom. The third-order valence-corrected chi connectivity index (χ3v) is 2.92. The first-order valence-corrected chi connectivity index (χ1v) is 5.28. The van der Waals surface area contributed by atoms with Crippen LogP contribution in [0, 0.1) is 3.95 Å². The molecule has 0 aliphatic heterocycles. The van der Waals surface area contributed by atoms with E-state index in [-0.39, 0.29) is 17.1 Å². The summed E-state index contributed by atoms with van der Waals surface area (Å²) in [7, 11) is 0. The zero-order valence-corrected chi connectivity index (χ0v) is 10.0. The number of H-pyrrole nitrogens is 1. The summed E-state index contributed by atoms with van der Waals surface area (Å²) < 4.78 is 7.36. The van der Waals surface area contributed by atoms with Gasteiger partial charge in [-0.2, -0.15) is 0 Å². The number of hydrogen-bond acceptors (Lipinski definition) is 3. The van der Waals surface area contributed by atoms with Crippen molar-refractivity contribution in [3.63, 3.8) is 0 Å². The Morgan fingerprint density at radius 3 is 3.00 bits per heavy atom. The molecule has 0 aliphatic rings. The van der Waals surface area contributed by atoms with Gasteiger partial charge < -0.3 is 9.72 Å². The first-order valence-electron chi connectivity index (χ1n) is 4.05. The van der Waals surface area contributed by atoms with Crippen molar-refractivity contribution >= 4 is 33.8 Å². The molecule has 2 aromatic rings. The molecule has 0 amide bonds. The normalized spacial score (nSPS) is 9.79. The minimum atomic E-state index is 0. The first kappa shape index (κ1) is 11.7. The number of aromatic amines is 1. The van der Waals surface area contributed by atoms with E-state index in [4.69, 9.17) is 17.0 Å². The molecule has 0 atom stereocenters. The Hall–Kier alpha value is -0.351. The van der Waals surface area contributed by atoms with Gasteiger partial charge in [-0.1, -0.05) is 0 Å². The summed E-state index contributed by atoms with van der Waals surface area (Å²) in [5.41, 5.74) is 1.06. The van der Waals surface area contributed by atoms with Crippen molar-refractivity contribution < 1.29 is 21.8 Å². The molecule has 0 unspecified atom stereocenters. The van der Waals surface area contributed by atoms with Gasteiger partial charge in [0.15, 0.2) is 3.95 Å². The van der Waals surface area contributed by atoms with E-state index in [0.29, 0.717) is 6.61 Å². The summed E-state index contributed by atoms with van der Waals surface area (Å²) in [5, 5.41) is 0. The minimum Gasteiger partial charge on any atom is -0.494 e. The van der Waals surface area contributed by atoms with Gasteiger partial charge in [0, 0.05) is 23.1 Å². The maximum atomic E-state index is 5.37.